The summed E-state index contributed by atoms with van der Waals surface area (Å²) in [7, 11) is 0. The molecule has 0 aliphatic carbocycles. The molecule has 7 heteroatoms. The van der Waals surface area contributed by atoms with E-state index in [0.29, 0.717) is 23.5 Å². The summed E-state index contributed by atoms with van der Waals surface area (Å²) in [5.74, 6) is 6.37. The Labute approximate surface area is 193 Å². The zero-order chi connectivity index (χ0) is 23.4. The normalized spacial score (nSPS) is 20.0. The van der Waals surface area contributed by atoms with E-state index in [0.717, 1.165) is 0 Å². The van der Waals surface area contributed by atoms with E-state index in [2.05, 4.69) is 17.2 Å². The fourth-order valence-electron chi connectivity index (χ4n) is 3.95. The molecule has 1 fully saturated rings. The van der Waals surface area contributed by atoms with Crippen LogP contribution in [0.3, 0.4) is 0 Å². The lowest BCUT2D eigenvalue weighted by Crippen LogP contribution is -2.57. The second-order valence-electron chi connectivity index (χ2n) is 8.53. The summed E-state index contributed by atoms with van der Waals surface area (Å²) in [5, 5.41) is 2.85. The molecule has 2 amide bonds. The number of ether oxygens (including phenoxy) is 2. The topological polar surface area (TPSA) is 84.9 Å². The van der Waals surface area contributed by atoms with E-state index in [1.54, 1.807) is 24.3 Å². The molecule has 1 N–H and O–H groups in total. The minimum Gasteiger partial charge on any atom is -0.457 e. The second-order valence-corrected chi connectivity index (χ2v) is 8.53. The quantitative estimate of drug-likeness (QED) is 0.661. The number of carbonyl (C=O) groups excluding carboxylic acids is 3. The van der Waals surface area contributed by atoms with Crippen LogP contribution in [0.1, 0.15) is 30.6 Å². The third-order valence-corrected chi connectivity index (χ3v) is 5.54. The number of nitrogens with one attached hydrogen (secondary N) is 1. The molecule has 170 valence electrons. The van der Waals surface area contributed by atoms with Crippen molar-refractivity contribution in [2.24, 2.45) is 5.92 Å². The van der Waals surface area contributed by atoms with E-state index in [9.17, 15) is 14.4 Å². The average molecular weight is 447 g/mol. The van der Waals surface area contributed by atoms with Gasteiger partial charge in [0.2, 0.25) is 5.91 Å². The van der Waals surface area contributed by atoms with E-state index in [-0.39, 0.29) is 36.7 Å². The molecule has 0 radical (unpaired) electrons. The van der Waals surface area contributed by atoms with Gasteiger partial charge < -0.3 is 19.7 Å². The summed E-state index contributed by atoms with van der Waals surface area (Å²) in [4.78, 5) is 40.0. The first kappa shape index (κ1) is 22.6. The predicted molar refractivity (Wildman–Crippen MR) is 122 cm³/mol. The predicted octanol–water partition coefficient (Wildman–Crippen LogP) is 2.81. The molecule has 7 nitrogen and oxygen atoms in total. The highest BCUT2D eigenvalue weighted by Crippen LogP contribution is 2.23. The molecular weight excluding hydrogens is 420 g/mol. The first-order valence-corrected chi connectivity index (χ1v) is 11.0. The summed E-state index contributed by atoms with van der Waals surface area (Å²) in [6.45, 7) is 4.05. The second kappa shape index (κ2) is 9.88. The smallest absolute Gasteiger partial charge is 0.251 e. The number of hydrogen-bond acceptors (Lipinski definition) is 5. The van der Waals surface area contributed by atoms with E-state index in [1.807, 2.05) is 44.2 Å². The van der Waals surface area contributed by atoms with Gasteiger partial charge in [-0.1, -0.05) is 43.9 Å². The Kier molecular flexibility index (Phi) is 6.76. The van der Waals surface area contributed by atoms with Crippen LogP contribution in [0.2, 0.25) is 0 Å². The summed E-state index contributed by atoms with van der Waals surface area (Å²) in [6.07, 6.45) is -0.154. The molecule has 0 spiro atoms. The summed E-state index contributed by atoms with van der Waals surface area (Å²) in [5.41, 5.74) is 0.411. The van der Waals surface area contributed by atoms with Gasteiger partial charge in [0.25, 0.3) is 5.91 Å². The molecule has 3 atom stereocenters. The largest absolute Gasteiger partial charge is 0.457 e. The van der Waals surface area contributed by atoms with Crippen LogP contribution in [0.15, 0.2) is 54.6 Å². The average Bonchev–Trinajstić information content (AvgIpc) is 3.20. The molecule has 0 aromatic heterocycles. The van der Waals surface area contributed by atoms with E-state index >= 15 is 0 Å². The van der Waals surface area contributed by atoms with Crippen molar-refractivity contribution in [1.82, 2.24) is 10.2 Å². The standard InChI is InChI=1S/C26H26N2O5/c1-17(2)15-21(26(31)28-14-6-9-23-24(28)22(29)16-32-23)27-25(30)18-10-12-20(13-11-18)33-19-7-4-3-5-8-19/h3-5,7-8,10-13,17,21,23-24H,14-16H2,1-2H3,(H,27,30)/t21-,23+,24+/m0/s1. The monoisotopic (exact) mass is 446 g/mol. The van der Waals surface area contributed by atoms with E-state index in [4.69, 9.17) is 9.47 Å². The third kappa shape index (κ3) is 5.24. The highest BCUT2D eigenvalue weighted by atomic mass is 16.5. The molecule has 2 aromatic rings. The van der Waals surface area contributed by atoms with Crippen molar-refractivity contribution in [3.8, 4) is 23.3 Å². The van der Waals surface area contributed by atoms with Gasteiger partial charge in [-0.3, -0.25) is 14.4 Å². The molecule has 0 unspecified atom stereocenters. The Morgan fingerprint density at radius 2 is 1.82 bits per heavy atom. The maximum absolute atomic E-state index is 13.4. The molecule has 0 bridgehead atoms. The van der Waals surface area contributed by atoms with Crippen molar-refractivity contribution in [1.29, 1.82) is 0 Å². The summed E-state index contributed by atoms with van der Waals surface area (Å²) in [6, 6.07) is 14.6. The highest BCUT2D eigenvalue weighted by molar-refractivity contribution is 5.99. The Balaban J connectivity index is 1.46. The van der Waals surface area contributed by atoms with Crippen LogP contribution in [0.4, 0.5) is 0 Å². The van der Waals surface area contributed by atoms with Crippen molar-refractivity contribution in [3.63, 3.8) is 0 Å². The number of amides is 2. The van der Waals surface area contributed by atoms with Gasteiger partial charge in [-0.15, -0.1) is 0 Å². The molecule has 2 aliphatic rings. The maximum atomic E-state index is 13.4. The van der Waals surface area contributed by atoms with Gasteiger partial charge >= 0.3 is 0 Å². The van der Waals surface area contributed by atoms with Crippen LogP contribution in [-0.2, 0) is 14.3 Å². The van der Waals surface area contributed by atoms with Gasteiger partial charge in [-0.25, -0.2) is 0 Å². The molecule has 33 heavy (non-hydrogen) atoms. The lowest BCUT2D eigenvalue weighted by molar-refractivity contribution is -0.139. The van der Waals surface area contributed by atoms with Gasteiger partial charge in [-0.05, 0) is 48.7 Å². The number of ketones is 1. The van der Waals surface area contributed by atoms with Crippen LogP contribution >= 0.6 is 0 Å². The van der Waals surface area contributed by atoms with Crippen molar-refractivity contribution in [2.75, 3.05) is 13.2 Å². The SMILES string of the molecule is CC(C)C[C@H](NC(=O)c1ccc(Oc2ccccc2)cc1)C(=O)N1CC#C[C@H]2OCC(=O)[C@H]21. The molecule has 2 aliphatic heterocycles. The zero-order valence-corrected chi connectivity index (χ0v) is 18.6. The lowest BCUT2D eigenvalue weighted by atomic mass is 9.98. The third-order valence-electron chi connectivity index (χ3n) is 5.54. The number of carbonyl (C=O) groups is 3. The van der Waals surface area contributed by atoms with Crippen LogP contribution in [0.25, 0.3) is 0 Å². The molecule has 2 aromatic carbocycles. The fourth-order valence-corrected chi connectivity index (χ4v) is 3.95. The van der Waals surface area contributed by atoms with Gasteiger partial charge in [-0.2, -0.15) is 0 Å². The Morgan fingerprint density at radius 3 is 2.52 bits per heavy atom. The molecule has 4 rings (SSSR count). The summed E-state index contributed by atoms with van der Waals surface area (Å²) < 4.78 is 11.2. The number of Topliss-reactive ketones (excluding diaryl/α,β-unsaturated/α-hetero) is 1. The van der Waals surface area contributed by atoms with Crippen LogP contribution in [-0.4, -0.2) is 53.8 Å². The van der Waals surface area contributed by atoms with Crippen molar-refractivity contribution < 1.29 is 23.9 Å². The van der Waals surface area contributed by atoms with Crippen LogP contribution < -0.4 is 10.1 Å². The first-order valence-electron chi connectivity index (χ1n) is 11.0. The van der Waals surface area contributed by atoms with Gasteiger partial charge in [0, 0.05) is 5.56 Å². The minimum absolute atomic E-state index is 0.0492. The van der Waals surface area contributed by atoms with Crippen LogP contribution in [0.5, 0.6) is 11.5 Å². The molecule has 0 saturated carbocycles. The zero-order valence-electron chi connectivity index (χ0n) is 18.6. The van der Waals surface area contributed by atoms with Gasteiger partial charge in [0.05, 0.1) is 6.54 Å². The van der Waals surface area contributed by atoms with Gasteiger partial charge in [0.15, 0.2) is 5.78 Å². The van der Waals surface area contributed by atoms with Crippen molar-refractivity contribution in [3.05, 3.63) is 60.2 Å². The molecular formula is C26H26N2O5. The van der Waals surface area contributed by atoms with E-state index < -0.39 is 18.2 Å². The number of para-hydroxylation sites is 1. The Morgan fingerprint density at radius 1 is 1.12 bits per heavy atom. The number of benzene rings is 2. The Hall–Kier alpha value is -3.63. The first-order chi connectivity index (χ1) is 15.9. The fraction of sp³-hybridized carbons (Fsp3) is 0.346. The number of fused-ring (bicyclic) bond motifs is 1. The summed E-state index contributed by atoms with van der Waals surface area (Å²) >= 11 is 0. The maximum Gasteiger partial charge on any atom is 0.251 e. The van der Waals surface area contributed by atoms with Crippen LogP contribution in [0, 0.1) is 17.8 Å². The number of hydrogen-bond donors (Lipinski definition) is 1. The Bertz CT molecular complexity index is 1090. The van der Waals surface area contributed by atoms with Gasteiger partial charge in [0.1, 0.15) is 36.3 Å². The lowest BCUT2D eigenvalue weighted by Gasteiger charge is -2.33. The van der Waals surface area contributed by atoms with Crippen molar-refractivity contribution in [2.45, 2.75) is 38.5 Å². The number of nitrogens with zero attached hydrogens (tertiary/aromatic N) is 1. The highest BCUT2D eigenvalue weighted by Gasteiger charge is 2.44. The molecule has 1 saturated heterocycles. The minimum atomic E-state index is -0.772. The van der Waals surface area contributed by atoms with Crippen molar-refractivity contribution >= 4 is 17.6 Å². The number of rotatable bonds is 7. The molecule has 2 heterocycles. The van der Waals surface area contributed by atoms with E-state index in [1.165, 1.54) is 4.90 Å².